The van der Waals surface area contributed by atoms with Crippen molar-refractivity contribution in [3.8, 4) is 5.75 Å². The highest BCUT2D eigenvalue weighted by molar-refractivity contribution is 6.31. The molecule has 0 N–H and O–H groups in total. The van der Waals surface area contributed by atoms with E-state index in [0.717, 1.165) is 30.3 Å². The van der Waals surface area contributed by atoms with Crippen molar-refractivity contribution >= 4 is 17.8 Å². The lowest BCUT2D eigenvalue weighted by molar-refractivity contribution is -0.540. The molecule has 0 amide bonds. The molecule has 0 fully saturated rings. The van der Waals surface area contributed by atoms with Crippen molar-refractivity contribution in [3.05, 3.63) is 64.2 Å². The molecular weight excluding hydrogens is 305 g/mol. The standard InChI is InChI=1S/C17H17ClNO.ClH/c1-20-16-7-6-14-11-19(9-8-13(14)10-16)12-15-4-2-3-5-17(15)18;/h2-7,10-11H,8-9,12H2,1H3;1H/q+1;/p-1. The predicted octanol–water partition coefficient (Wildman–Crippen LogP) is 0.540. The Morgan fingerprint density at radius 1 is 1.19 bits per heavy atom. The third-order valence-electron chi connectivity index (χ3n) is 3.67. The lowest BCUT2D eigenvalue weighted by atomic mass is 10.0. The van der Waals surface area contributed by atoms with Gasteiger partial charge in [0.1, 0.15) is 12.3 Å². The highest BCUT2D eigenvalue weighted by atomic mass is 35.5. The van der Waals surface area contributed by atoms with Crippen LogP contribution < -0.4 is 17.1 Å². The van der Waals surface area contributed by atoms with E-state index in [1.807, 2.05) is 24.3 Å². The summed E-state index contributed by atoms with van der Waals surface area (Å²) in [6.07, 6.45) is 3.25. The van der Waals surface area contributed by atoms with E-state index in [2.05, 4.69) is 29.0 Å². The Balaban J connectivity index is 0.00000161. The van der Waals surface area contributed by atoms with Gasteiger partial charge in [-0.2, -0.15) is 0 Å². The topological polar surface area (TPSA) is 12.2 Å². The van der Waals surface area contributed by atoms with Gasteiger partial charge in [-0.1, -0.05) is 29.8 Å². The number of methoxy groups -OCH3 is 1. The molecule has 0 aliphatic carbocycles. The maximum atomic E-state index is 6.23. The molecule has 1 aliphatic rings. The van der Waals surface area contributed by atoms with Crippen LogP contribution in [-0.4, -0.2) is 24.4 Å². The molecule has 0 saturated heterocycles. The third kappa shape index (κ3) is 3.58. The smallest absolute Gasteiger partial charge is 0.171 e. The van der Waals surface area contributed by atoms with E-state index < -0.39 is 0 Å². The van der Waals surface area contributed by atoms with Crippen LogP contribution in [0.4, 0.5) is 0 Å². The van der Waals surface area contributed by atoms with Gasteiger partial charge in [0.2, 0.25) is 0 Å². The Hall–Kier alpha value is -1.51. The Morgan fingerprint density at radius 2 is 2.00 bits per heavy atom. The Labute approximate surface area is 136 Å². The number of ether oxygens (including phenoxy) is 1. The molecule has 21 heavy (non-hydrogen) atoms. The van der Waals surface area contributed by atoms with Crippen molar-refractivity contribution < 1.29 is 21.7 Å². The van der Waals surface area contributed by atoms with Crippen molar-refractivity contribution in [1.82, 2.24) is 0 Å². The maximum Gasteiger partial charge on any atom is 0.171 e. The first-order valence-corrected chi connectivity index (χ1v) is 7.13. The van der Waals surface area contributed by atoms with E-state index in [4.69, 9.17) is 16.3 Å². The van der Waals surface area contributed by atoms with Crippen LogP contribution in [0.25, 0.3) is 0 Å². The van der Waals surface area contributed by atoms with Gasteiger partial charge in [0.25, 0.3) is 0 Å². The summed E-state index contributed by atoms with van der Waals surface area (Å²) in [4.78, 5) is 0. The lowest BCUT2D eigenvalue weighted by Crippen LogP contribution is -3.00. The van der Waals surface area contributed by atoms with Gasteiger partial charge in [-0.3, -0.25) is 0 Å². The summed E-state index contributed by atoms with van der Waals surface area (Å²) in [6.45, 7) is 1.86. The minimum atomic E-state index is 0. The zero-order valence-electron chi connectivity index (χ0n) is 11.9. The SMILES string of the molecule is COc1ccc2c(c1)CC[N+](Cc1ccccc1Cl)=C2.[Cl-]. The molecule has 2 nitrogen and oxygen atoms in total. The quantitative estimate of drug-likeness (QED) is 0.752. The summed E-state index contributed by atoms with van der Waals surface area (Å²) in [5.74, 6) is 0.928. The minimum absolute atomic E-state index is 0. The van der Waals surface area contributed by atoms with E-state index in [1.165, 1.54) is 16.7 Å². The molecule has 1 heterocycles. The fourth-order valence-corrected chi connectivity index (χ4v) is 2.74. The number of fused-ring (bicyclic) bond motifs is 1. The van der Waals surface area contributed by atoms with Crippen LogP contribution in [0.15, 0.2) is 42.5 Å². The molecule has 2 aromatic rings. The normalized spacial score (nSPS) is 13.0. The maximum absolute atomic E-state index is 6.23. The van der Waals surface area contributed by atoms with E-state index in [9.17, 15) is 0 Å². The molecule has 0 saturated carbocycles. The Kier molecular flexibility index (Phi) is 5.27. The zero-order chi connectivity index (χ0) is 13.9. The van der Waals surface area contributed by atoms with Crippen molar-refractivity contribution in [2.24, 2.45) is 0 Å². The van der Waals surface area contributed by atoms with Crippen molar-refractivity contribution in [2.75, 3.05) is 13.7 Å². The molecule has 2 aromatic carbocycles. The zero-order valence-corrected chi connectivity index (χ0v) is 13.4. The highest BCUT2D eigenvalue weighted by Gasteiger charge is 2.17. The number of benzene rings is 2. The molecule has 110 valence electrons. The molecule has 0 radical (unpaired) electrons. The van der Waals surface area contributed by atoms with Gasteiger partial charge in [-0.25, -0.2) is 4.58 Å². The van der Waals surface area contributed by atoms with Gasteiger partial charge < -0.3 is 17.1 Å². The Morgan fingerprint density at radius 3 is 2.76 bits per heavy atom. The third-order valence-corrected chi connectivity index (χ3v) is 4.04. The summed E-state index contributed by atoms with van der Waals surface area (Å²) in [5, 5.41) is 0.835. The molecule has 3 rings (SSSR count). The second-order valence-electron chi connectivity index (χ2n) is 5.01. The van der Waals surface area contributed by atoms with Gasteiger partial charge in [0.15, 0.2) is 12.8 Å². The van der Waals surface area contributed by atoms with E-state index in [0.29, 0.717) is 0 Å². The highest BCUT2D eigenvalue weighted by Crippen LogP contribution is 2.21. The minimum Gasteiger partial charge on any atom is -1.00 e. The van der Waals surface area contributed by atoms with Crippen LogP contribution in [0.1, 0.15) is 16.7 Å². The summed E-state index contributed by atoms with van der Waals surface area (Å²) < 4.78 is 7.59. The number of hydrogen-bond donors (Lipinski definition) is 0. The fourth-order valence-electron chi connectivity index (χ4n) is 2.55. The van der Waals surface area contributed by atoms with Gasteiger partial charge in [-0.15, -0.1) is 0 Å². The molecular formula is C17H17Cl2NO. The molecule has 0 atom stereocenters. The fraction of sp³-hybridized carbons (Fsp3) is 0.235. The molecule has 0 bridgehead atoms. The second kappa shape index (κ2) is 6.97. The van der Waals surface area contributed by atoms with Crippen molar-refractivity contribution in [3.63, 3.8) is 0 Å². The van der Waals surface area contributed by atoms with Crippen LogP contribution in [0.5, 0.6) is 5.75 Å². The molecule has 0 unspecified atom stereocenters. The van der Waals surface area contributed by atoms with Crippen molar-refractivity contribution in [2.45, 2.75) is 13.0 Å². The lowest BCUT2D eigenvalue weighted by Gasteiger charge is -2.14. The average molecular weight is 322 g/mol. The number of halogens is 2. The summed E-state index contributed by atoms with van der Waals surface area (Å²) in [5.41, 5.74) is 3.78. The van der Waals surface area contributed by atoms with Crippen LogP contribution >= 0.6 is 11.6 Å². The van der Waals surface area contributed by atoms with E-state index >= 15 is 0 Å². The average Bonchev–Trinajstić information content (AvgIpc) is 2.49. The van der Waals surface area contributed by atoms with Crippen molar-refractivity contribution in [1.29, 1.82) is 0 Å². The van der Waals surface area contributed by atoms with Crippen LogP contribution in [-0.2, 0) is 13.0 Å². The first-order valence-electron chi connectivity index (χ1n) is 6.75. The second-order valence-corrected chi connectivity index (χ2v) is 5.41. The van der Waals surface area contributed by atoms with Gasteiger partial charge in [0.05, 0.1) is 12.1 Å². The van der Waals surface area contributed by atoms with Gasteiger partial charge in [-0.05, 0) is 29.8 Å². The largest absolute Gasteiger partial charge is 1.00 e. The van der Waals surface area contributed by atoms with Gasteiger partial charge in [0, 0.05) is 17.5 Å². The number of rotatable bonds is 3. The monoisotopic (exact) mass is 321 g/mol. The molecule has 1 aliphatic heterocycles. The molecule has 0 spiro atoms. The summed E-state index contributed by atoms with van der Waals surface area (Å²) in [7, 11) is 1.71. The first-order chi connectivity index (χ1) is 9.76. The number of hydrogen-bond acceptors (Lipinski definition) is 1. The predicted molar refractivity (Wildman–Crippen MR) is 82.1 cm³/mol. The molecule has 4 heteroatoms. The number of nitrogens with zero attached hydrogens (tertiary/aromatic N) is 1. The van der Waals surface area contributed by atoms with Crippen LogP contribution in [0.3, 0.4) is 0 Å². The van der Waals surface area contributed by atoms with Gasteiger partial charge >= 0.3 is 0 Å². The van der Waals surface area contributed by atoms with E-state index in [1.54, 1.807) is 7.11 Å². The summed E-state index contributed by atoms with van der Waals surface area (Å²) >= 11 is 6.23. The van der Waals surface area contributed by atoms with E-state index in [-0.39, 0.29) is 12.4 Å². The van der Waals surface area contributed by atoms with Crippen LogP contribution in [0, 0.1) is 0 Å². The summed E-state index contributed by atoms with van der Waals surface area (Å²) in [6, 6.07) is 14.3. The Bertz CT molecular complexity index is 668. The first kappa shape index (κ1) is 15.9. The molecule has 0 aromatic heterocycles. The van der Waals surface area contributed by atoms with Crippen LogP contribution in [0.2, 0.25) is 5.02 Å².